The van der Waals surface area contributed by atoms with E-state index in [4.69, 9.17) is 15.5 Å². The summed E-state index contributed by atoms with van der Waals surface area (Å²) in [5, 5.41) is 21.0. The maximum atomic E-state index is 13.6. The van der Waals surface area contributed by atoms with Crippen LogP contribution in [0.5, 0.6) is 0 Å². The first-order valence-corrected chi connectivity index (χ1v) is 15.0. The molecule has 0 spiro atoms. The fraction of sp³-hybridized carbons (Fsp3) is 0.600. The van der Waals surface area contributed by atoms with Crippen LogP contribution < -0.4 is 5.73 Å². The number of allylic oxidation sites excluding steroid dienone is 3. The zero-order valence-electron chi connectivity index (χ0n) is 23.2. The van der Waals surface area contributed by atoms with Crippen LogP contribution in [-0.4, -0.2) is 56.1 Å². The van der Waals surface area contributed by atoms with E-state index in [2.05, 4.69) is 18.0 Å². The van der Waals surface area contributed by atoms with Gasteiger partial charge in [0.25, 0.3) is 0 Å². The molecule has 1 aromatic rings. The zero-order chi connectivity index (χ0) is 28.9. The quantitative estimate of drug-likeness (QED) is 0.353. The predicted octanol–water partition coefficient (Wildman–Crippen LogP) is 4.23. The molecule has 7 atom stereocenters. The number of carbonyl (C=O) groups is 2. The van der Waals surface area contributed by atoms with E-state index in [1.807, 2.05) is 6.92 Å². The Labute approximate surface area is 238 Å². The number of nitrogens with two attached hydrogens (primary N) is 1. The lowest BCUT2D eigenvalue weighted by molar-refractivity contribution is -0.195. The Hall–Kier alpha value is -2.56. The Morgan fingerprint density at radius 1 is 1.32 bits per heavy atom. The monoisotopic (exact) mass is 571 g/mol. The number of nitrogens with zero attached hydrogens (tertiary/aromatic N) is 2. The van der Waals surface area contributed by atoms with Gasteiger partial charge in [0.2, 0.25) is 11.1 Å². The lowest BCUT2D eigenvalue weighted by atomic mass is 9.45. The van der Waals surface area contributed by atoms with Gasteiger partial charge >= 0.3 is 5.97 Å². The summed E-state index contributed by atoms with van der Waals surface area (Å²) in [5.74, 6) is -0.697. The summed E-state index contributed by atoms with van der Waals surface area (Å²) >= 11 is 1.01. The number of aromatic nitrogens is 1. The fourth-order valence-electron chi connectivity index (χ4n) is 8.54. The number of hydrogen-bond acceptors (Lipinski definition) is 9. The number of rotatable bonds is 5. The molecule has 0 bridgehead atoms. The van der Waals surface area contributed by atoms with Gasteiger partial charge in [0.1, 0.15) is 0 Å². The van der Waals surface area contributed by atoms with Gasteiger partial charge in [-0.25, -0.2) is 9.98 Å². The van der Waals surface area contributed by atoms with Gasteiger partial charge in [0.15, 0.2) is 5.60 Å². The van der Waals surface area contributed by atoms with Crippen LogP contribution in [0.3, 0.4) is 0 Å². The van der Waals surface area contributed by atoms with Crippen LogP contribution in [0.4, 0.5) is 10.1 Å². The maximum absolute atomic E-state index is 13.6. The molecule has 7 unspecified atom stereocenters. The number of thioether (sulfide) groups is 1. The van der Waals surface area contributed by atoms with Gasteiger partial charge in [-0.05, 0) is 91.7 Å². The molecule has 1 aromatic heterocycles. The first kappa shape index (κ1) is 29.0. The van der Waals surface area contributed by atoms with Gasteiger partial charge in [-0.2, -0.15) is 4.39 Å². The number of aliphatic hydroxyl groups is 2. The number of aliphatic imine (C=N–C) groups is 1. The number of ether oxygens (including phenoxy) is 1. The molecule has 0 amide bonds. The van der Waals surface area contributed by atoms with Crippen molar-refractivity contribution in [2.75, 3.05) is 12.4 Å². The third-order valence-electron chi connectivity index (χ3n) is 10.1. The number of carbonyl (C=O) groups excluding carboxylic acids is 2. The Morgan fingerprint density at radius 3 is 2.75 bits per heavy atom. The van der Waals surface area contributed by atoms with Crippen molar-refractivity contribution in [1.82, 2.24) is 4.98 Å². The number of aliphatic hydroxyl groups excluding tert-OH is 2. The summed E-state index contributed by atoms with van der Waals surface area (Å²) in [5.41, 5.74) is 7.00. The van der Waals surface area contributed by atoms with Gasteiger partial charge in [-0.15, -0.1) is 0 Å². The van der Waals surface area contributed by atoms with Crippen LogP contribution >= 0.6 is 11.8 Å². The standard InChI is InChI=1S/C30H38FN3O5S/c1-17(36)39-30(27(38)40-11-10-35)9-8-22-21-6-4-19-12-23(34-20-5-7-25(31)33-16-20)18(15-32)13-28(19,2)26(21)24(37)14-29(22,30)3/h5,7,12,15-16,21-22,24,26,35,37H,4,6,8-11,13-14,32H2,1-3H3. The fourth-order valence-corrected chi connectivity index (χ4v) is 9.43. The average molecular weight is 572 g/mol. The molecule has 216 valence electrons. The highest BCUT2D eigenvalue weighted by Gasteiger charge is 2.70. The second-order valence-corrected chi connectivity index (χ2v) is 13.2. The van der Waals surface area contributed by atoms with E-state index in [-0.39, 0.29) is 40.6 Å². The number of pyridine rings is 1. The van der Waals surface area contributed by atoms with E-state index < -0.39 is 29.0 Å². The molecule has 3 fully saturated rings. The van der Waals surface area contributed by atoms with Gasteiger partial charge in [-0.3, -0.25) is 9.59 Å². The Balaban J connectivity index is 1.51. The van der Waals surface area contributed by atoms with Crippen molar-refractivity contribution in [3.63, 3.8) is 0 Å². The number of halogens is 1. The van der Waals surface area contributed by atoms with E-state index in [1.54, 1.807) is 12.3 Å². The Bertz CT molecular complexity index is 1280. The highest BCUT2D eigenvalue weighted by atomic mass is 32.2. The van der Waals surface area contributed by atoms with E-state index in [9.17, 15) is 24.2 Å². The van der Waals surface area contributed by atoms with Crippen LogP contribution in [-0.2, 0) is 14.3 Å². The molecule has 4 aliphatic carbocycles. The second-order valence-electron chi connectivity index (χ2n) is 12.1. The molecule has 0 aromatic carbocycles. The average Bonchev–Trinajstić information content (AvgIpc) is 3.19. The summed E-state index contributed by atoms with van der Waals surface area (Å²) in [7, 11) is 0. The lowest BCUT2D eigenvalue weighted by Crippen LogP contribution is -2.62. The van der Waals surface area contributed by atoms with Crippen LogP contribution in [0.25, 0.3) is 0 Å². The van der Waals surface area contributed by atoms with E-state index >= 15 is 0 Å². The summed E-state index contributed by atoms with van der Waals surface area (Å²) in [4.78, 5) is 34.3. The van der Waals surface area contributed by atoms with E-state index in [1.165, 1.54) is 24.8 Å². The SMILES string of the molecule is CC(=O)OC1(C(=O)SCCO)CCC2C3CCC4=CC(=Nc5ccc(F)nc5)C(=CN)CC4(C)C3C(O)CC21C. The molecule has 1 heterocycles. The highest BCUT2D eigenvalue weighted by Crippen LogP contribution is 2.69. The summed E-state index contributed by atoms with van der Waals surface area (Å²) in [6.07, 6.45) is 8.02. The molecule has 8 nitrogen and oxygen atoms in total. The minimum Gasteiger partial charge on any atom is -0.450 e. The zero-order valence-corrected chi connectivity index (χ0v) is 24.0. The number of fused-ring (bicyclic) bond motifs is 5. The van der Waals surface area contributed by atoms with Gasteiger partial charge < -0.3 is 20.7 Å². The minimum atomic E-state index is -1.33. The lowest BCUT2D eigenvalue weighted by Gasteiger charge is -2.60. The molecule has 40 heavy (non-hydrogen) atoms. The Kier molecular flexibility index (Phi) is 7.74. The van der Waals surface area contributed by atoms with Crippen LogP contribution in [0.2, 0.25) is 0 Å². The van der Waals surface area contributed by atoms with Crippen molar-refractivity contribution in [3.05, 3.63) is 47.7 Å². The van der Waals surface area contributed by atoms with Crippen molar-refractivity contribution in [2.45, 2.75) is 71.0 Å². The first-order chi connectivity index (χ1) is 19.0. The van der Waals surface area contributed by atoms with Crippen molar-refractivity contribution in [3.8, 4) is 0 Å². The van der Waals surface area contributed by atoms with Crippen molar-refractivity contribution < 1.29 is 28.9 Å². The van der Waals surface area contributed by atoms with Crippen LogP contribution in [0.1, 0.15) is 59.3 Å². The van der Waals surface area contributed by atoms with Crippen molar-refractivity contribution in [2.24, 2.45) is 39.3 Å². The molecule has 0 saturated heterocycles. The normalized spacial score (nSPS) is 38.8. The van der Waals surface area contributed by atoms with Gasteiger partial charge in [0, 0.05) is 18.1 Å². The molecular weight excluding hydrogens is 533 g/mol. The number of esters is 1. The Morgan fingerprint density at radius 2 is 2.10 bits per heavy atom. The van der Waals surface area contributed by atoms with Crippen molar-refractivity contribution >= 4 is 34.2 Å². The smallest absolute Gasteiger partial charge is 0.303 e. The van der Waals surface area contributed by atoms with Gasteiger partial charge in [0.05, 0.1) is 30.3 Å². The molecule has 5 rings (SSSR count). The predicted molar refractivity (Wildman–Crippen MR) is 151 cm³/mol. The van der Waals surface area contributed by atoms with Gasteiger partial charge in [-0.1, -0.05) is 31.2 Å². The molecule has 0 aliphatic heterocycles. The number of hydrogen-bond donors (Lipinski definition) is 3. The minimum absolute atomic E-state index is 0.0668. The molecule has 4 N–H and O–H groups in total. The topological polar surface area (TPSA) is 135 Å². The van der Waals surface area contributed by atoms with Crippen molar-refractivity contribution in [1.29, 1.82) is 0 Å². The van der Waals surface area contributed by atoms with E-state index in [0.29, 0.717) is 24.9 Å². The van der Waals surface area contributed by atoms with Crippen LogP contribution in [0, 0.1) is 34.5 Å². The molecule has 3 saturated carbocycles. The molecule has 0 radical (unpaired) electrons. The third-order valence-corrected chi connectivity index (χ3v) is 11.1. The largest absolute Gasteiger partial charge is 0.450 e. The third kappa shape index (κ3) is 4.52. The first-order valence-electron chi connectivity index (χ1n) is 14.0. The summed E-state index contributed by atoms with van der Waals surface area (Å²) < 4.78 is 19.2. The molecule has 4 aliphatic rings. The van der Waals surface area contributed by atoms with E-state index in [0.717, 1.165) is 42.3 Å². The molecule has 10 heteroatoms. The highest BCUT2D eigenvalue weighted by molar-refractivity contribution is 8.13. The maximum Gasteiger partial charge on any atom is 0.303 e. The molecular formula is C30H38FN3O5S. The summed E-state index contributed by atoms with van der Waals surface area (Å²) in [6, 6.07) is 2.85. The van der Waals surface area contributed by atoms with Crippen LogP contribution in [0.15, 0.2) is 46.7 Å². The summed E-state index contributed by atoms with van der Waals surface area (Å²) in [6.45, 7) is 5.38. The second kappa shape index (κ2) is 10.7.